The van der Waals surface area contributed by atoms with Gasteiger partial charge in [0.15, 0.2) is 0 Å². The molecular formula is C50H35N. The summed E-state index contributed by atoms with van der Waals surface area (Å²) >= 11 is 0. The zero-order valence-corrected chi connectivity index (χ0v) is 27.1. The van der Waals surface area contributed by atoms with Crippen molar-refractivity contribution in [1.29, 1.82) is 0 Å². The van der Waals surface area contributed by atoms with E-state index in [0.717, 1.165) is 43.8 Å². The van der Waals surface area contributed by atoms with Crippen LogP contribution >= 0.6 is 0 Å². The molecule has 0 fully saturated rings. The fourth-order valence-corrected chi connectivity index (χ4v) is 6.35. The van der Waals surface area contributed by atoms with Crippen LogP contribution in [0.15, 0.2) is 212 Å². The molecule has 0 saturated heterocycles. The minimum absolute atomic E-state index is 0.127. The van der Waals surface area contributed by atoms with Gasteiger partial charge in [-0.05, 0) is 108 Å². The van der Waals surface area contributed by atoms with Crippen molar-refractivity contribution in [2.45, 2.75) is 0 Å². The van der Waals surface area contributed by atoms with E-state index < -0.39 is 101 Å². The van der Waals surface area contributed by atoms with Gasteiger partial charge in [-0.3, -0.25) is 0 Å². The average Bonchev–Trinajstić information content (AvgIpc) is 3.32. The van der Waals surface area contributed by atoms with Crippen LogP contribution in [-0.4, -0.2) is 0 Å². The maximum atomic E-state index is 9.52. The lowest BCUT2D eigenvalue weighted by molar-refractivity contribution is 1.28. The molecule has 0 aliphatic rings. The Morgan fingerprint density at radius 2 is 0.902 bits per heavy atom. The maximum Gasteiger partial charge on any atom is 0.0645 e. The van der Waals surface area contributed by atoms with Crippen LogP contribution in [0.25, 0.3) is 66.1 Å². The molecule has 9 rings (SSSR count). The first-order chi connectivity index (χ1) is 30.7. The highest BCUT2D eigenvalue weighted by Crippen LogP contribution is 2.39. The number of rotatable bonds is 7. The number of hydrogen-bond acceptors (Lipinski definition) is 1. The highest BCUT2D eigenvalue weighted by atomic mass is 15.1. The van der Waals surface area contributed by atoms with Crippen LogP contribution in [0.2, 0.25) is 0 Å². The normalized spacial score (nSPS) is 14.7. The summed E-state index contributed by atoms with van der Waals surface area (Å²) in [7, 11) is 0. The van der Waals surface area contributed by atoms with Crippen molar-refractivity contribution in [2.75, 3.05) is 4.90 Å². The zero-order valence-electron chi connectivity index (χ0n) is 40.1. The molecule has 0 radical (unpaired) electrons. The Morgan fingerprint density at radius 3 is 1.65 bits per heavy atom. The fraction of sp³-hybridized carbons (Fsp3) is 0. The lowest BCUT2D eigenvalue weighted by Crippen LogP contribution is -2.10. The molecule has 0 aliphatic carbocycles. The van der Waals surface area contributed by atoms with Crippen LogP contribution in [0, 0.1) is 0 Å². The topological polar surface area (TPSA) is 3.24 Å². The Labute approximate surface area is 317 Å². The third-order valence-corrected chi connectivity index (χ3v) is 8.87. The van der Waals surface area contributed by atoms with Gasteiger partial charge in [-0.2, -0.15) is 0 Å². The monoisotopic (exact) mass is 662 g/mol. The summed E-state index contributed by atoms with van der Waals surface area (Å²) in [6.07, 6.45) is 0. The van der Waals surface area contributed by atoms with E-state index in [4.69, 9.17) is 12.3 Å². The van der Waals surface area contributed by atoms with Gasteiger partial charge < -0.3 is 4.90 Å². The van der Waals surface area contributed by atoms with Crippen LogP contribution < -0.4 is 4.90 Å². The van der Waals surface area contributed by atoms with Crippen LogP contribution in [0.3, 0.4) is 0 Å². The first kappa shape index (κ1) is 19.5. The lowest BCUT2D eigenvalue weighted by atomic mass is 9.97. The summed E-state index contributed by atoms with van der Waals surface area (Å²) < 4.78 is 115. The number of hydrogen-bond donors (Lipinski definition) is 0. The summed E-state index contributed by atoms with van der Waals surface area (Å²) in [5.74, 6) is 0. The van der Waals surface area contributed by atoms with Crippen LogP contribution in [0.1, 0.15) is 17.8 Å². The summed E-state index contributed by atoms with van der Waals surface area (Å²) in [6.45, 7) is 0. The minimum atomic E-state index is -0.770. The Hall–Kier alpha value is -6.70. The molecule has 0 aromatic heterocycles. The molecule has 0 atom stereocenters. The number of fused-ring (bicyclic) bond motifs is 2. The van der Waals surface area contributed by atoms with Crippen molar-refractivity contribution in [3.05, 3.63) is 212 Å². The van der Waals surface area contributed by atoms with Gasteiger partial charge in [-0.1, -0.05) is 170 Å². The zero-order chi connectivity index (χ0) is 45.3. The van der Waals surface area contributed by atoms with E-state index in [1.54, 1.807) is 4.90 Å². The van der Waals surface area contributed by atoms with E-state index in [9.17, 15) is 5.48 Å². The third kappa shape index (κ3) is 6.07. The quantitative estimate of drug-likeness (QED) is 0.164. The van der Waals surface area contributed by atoms with Crippen molar-refractivity contribution in [3.8, 4) is 44.5 Å². The van der Waals surface area contributed by atoms with Crippen molar-refractivity contribution in [3.63, 3.8) is 0 Å². The van der Waals surface area contributed by atoms with Gasteiger partial charge in [-0.15, -0.1) is 0 Å². The standard InChI is InChI=1S/C50H35N/c1-2-10-36(11-3-1)38-20-22-39(23-21-38)40-26-30-46(31-27-40)51(47-32-28-41(29-33-47)44-25-24-37-12-4-5-14-43(37)34-44)48-17-8-16-45(35-48)50-19-9-15-42-13-6-7-18-49(42)50/h1-35H/i1D,2D,3D,10D,11D,20D,21D,22D,23D,26D,27D,30D,31D. The Kier molecular flexibility index (Phi) is 5.08. The van der Waals surface area contributed by atoms with Crippen LogP contribution in [-0.2, 0) is 0 Å². The SMILES string of the molecule is [2H]c1c([2H])c([2H])c(-c2c([2H])c([2H])c(-c3c([2H])c([2H])c(N(c4ccc(-c5ccc6ccccc6c5)cc4)c4cccc(-c5cccc6ccccc56)c4)c([2H])c3[2H])c([2H])c2[2H])c([2H])c1[2H]. The Morgan fingerprint density at radius 1 is 0.314 bits per heavy atom. The molecule has 0 aliphatic heterocycles. The van der Waals surface area contributed by atoms with Crippen molar-refractivity contribution < 1.29 is 17.8 Å². The summed E-state index contributed by atoms with van der Waals surface area (Å²) in [5, 5.41) is 4.23. The second kappa shape index (κ2) is 13.3. The molecular weight excluding hydrogens is 615 g/mol. The molecule has 51 heavy (non-hydrogen) atoms. The molecule has 9 aromatic carbocycles. The summed E-state index contributed by atoms with van der Waals surface area (Å²) in [4.78, 5) is 1.64. The van der Waals surface area contributed by atoms with Gasteiger partial charge in [0, 0.05) is 17.1 Å². The average molecular weight is 663 g/mol. The van der Waals surface area contributed by atoms with E-state index in [1.165, 1.54) is 0 Å². The molecule has 0 unspecified atom stereocenters. The van der Waals surface area contributed by atoms with Gasteiger partial charge in [0.1, 0.15) is 0 Å². The second-order valence-electron chi connectivity index (χ2n) is 12.0. The van der Waals surface area contributed by atoms with E-state index >= 15 is 0 Å². The van der Waals surface area contributed by atoms with Crippen molar-refractivity contribution >= 4 is 38.6 Å². The maximum absolute atomic E-state index is 9.52. The molecule has 0 spiro atoms. The molecule has 240 valence electrons. The molecule has 0 bridgehead atoms. The molecule has 1 heteroatoms. The predicted octanol–water partition coefficient (Wildman–Crippen LogP) is 14.1. The van der Waals surface area contributed by atoms with Gasteiger partial charge in [0.25, 0.3) is 0 Å². The highest BCUT2D eigenvalue weighted by molar-refractivity contribution is 5.97. The third-order valence-electron chi connectivity index (χ3n) is 8.87. The largest absolute Gasteiger partial charge is 0.310 e. The van der Waals surface area contributed by atoms with Gasteiger partial charge in [0.05, 0.1) is 17.8 Å². The molecule has 1 nitrogen and oxygen atoms in total. The molecule has 0 amide bonds. The van der Waals surface area contributed by atoms with Crippen LogP contribution in [0.4, 0.5) is 17.1 Å². The number of nitrogens with zero attached hydrogens (tertiary/aromatic N) is 1. The summed E-state index contributed by atoms with van der Waals surface area (Å²) in [5.41, 5.74) is 2.47. The first-order valence-corrected chi connectivity index (χ1v) is 16.5. The second-order valence-corrected chi connectivity index (χ2v) is 12.0. The fourth-order valence-electron chi connectivity index (χ4n) is 6.35. The van der Waals surface area contributed by atoms with Gasteiger partial charge in [0.2, 0.25) is 0 Å². The van der Waals surface area contributed by atoms with E-state index in [-0.39, 0.29) is 5.69 Å². The van der Waals surface area contributed by atoms with Crippen LogP contribution in [0.5, 0.6) is 0 Å². The number of anilines is 3. The summed E-state index contributed by atoms with van der Waals surface area (Å²) in [6, 6.07) is 34.4. The Balaban J connectivity index is 1.24. The molecule has 0 N–H and O–H groups in total. The van der Waals surface area contributed by atoms with E-state index in [2.05, 4.69) is 12.1 Å². The van der Waals surface area contributed by atoms with Crippen molar-refractivity contribution in [2.24, 2.45) is 0 Å². The minimum Gasteiger partial charge on any atom is -0.310 e. The Bertz CT molecular complexity index is 3290. The molecule has 0 saturated carbocycles. The first-order valence-electron chi connectivity index (χ1n) is 23.0. The molecule has 9 aromatic rings. The number of benzene rings is 9. The highest BCUT2D eigenvalue weighted by Gasteiger charge is 2.15. The smallest absolute Gasteiger partial charge is 0.0645 e. The lowest BCUT2D eigenvalue weighted by Gasteiger charge is -2.26. The predicted molar refractivity (Wildman–Crippen MR) is 218 cm³/mol. The van der Waals surface area contributed by atoms with Gasteiger partial charge in [-0.25, -0.2) is 0 Å². The molecule has 0 heterocycles. The van der Waals surface area contributed by atoms with Crippen molar-refractivity contribution in [1.82, 2.24) is 0 Å². The van der Waals surface area contributed by atoms with E-state index in [0.29, 0.717) is 11.4 Å². The van der Waals surface area contributed by atoms with Gasteiger partial charge >= 0.3 is 0 Å². The van der Waals surface area contributed by atoms with E-state index in [1.807, 2.05) is 121 Å².